The van der Waals surface area contributed by atoms with Gasteiger partial charge in [0.05, 0.1) is 0 Å². The number of fused-ring (bicyclic) bond motifs is 2. The highest BCUT2D eigenvalue weighted by Gasteiger charge is 2.55. The summed E-state index contributed by atoms with van der Waals surface area (Å²) in [7, 11) is 0. The molecule has 1 saturated heterocycles. The fourth-order valence-corrected chi connectivity index (χ4v) is 3.63. The first-order valence-corrected chi connectivity index (χ1v) is 9.18. The van der Waals surface area contributed by atoms with Crippen molar-refractivity contribution < 1.29 is 19.2 Å². The van der Waals surface area contributed by atoms with Crippen molar-refractivity contribution in [2.75, 3.05) is 13.1 Å². The molecule has 144 valence electrons. The van der Waals surface area contributed by atoms with Crippen LogP contribution in [0.3, 0.4) is 0 Å². The van der Waals surface area contributed by atoms with Crippen molar-refractivity contribution in [3.8, 4) is 0 Å². The summed E-state index contributed by atoms with van der Waals surface area (Å²) in [5.41, 5.74) is 0.732. The van der Waals surface area contributed by atoms with Gasteiger partial charge in [-0.1, -0.05) is 31.2 Å². The molecule has 0 saturated carbocycles. The predicted molar refractivity (Wildman–Crippen MR) is 97.6 cm³/mol. The first-order chi connectivity index (χ1) is 12.9. The summed E-state index contributed by atoms with van der Waals surface area (Å²) in [6, 6.07) is 6.17. The third-order valence-corrected chi connectivity index (χ3v) is 5.04. The molecule has 1 heterocycles. The zero-order valence-electron chi connectivity index (χ0n) is 15.5. The van der Waals surface area contributed by atoms with E-state index in [4.69, 9.17) is 0 Å². The molecular weight excluding hydrogens is 348 g/mol. The highest BCUT2D eigenvalue weighted by atomic mass is 16.2. The topological polar surface area (TPSA) is 108 Å². The standard InChI is InChI=1S/C19H24N4O4/c1-3-10-20-16(25)12(2)21-15(24)11-23-17(26)19(22-18(23)27)9-8-13-6-4-5-7-14(13)19/h4-7,12H,3,8-11H2,1-2H3,(H,20,25)(H,21,24)(H,22,27)/t12-,19-/m0/s1. The number of hydrogen-bond donors (Lipinski definition) is 3. The Kier molecular flexibility index (Phi) is 5.16. The van der Waals surface area contributed by atoms with Crippen molar-refractivity contribution >= 4 is 23.8 Å². The number of nitrogens with zero attached hydrogens (tertiary/aromatic N) is 1. The number of amides is 5. The molecule has 1 aliphatic carbocycles. The zero-order valence-corrected chi connectivity index (χ0v) is 15.5. The largest absolute Gasteiger partial charge is 0.354 e. The summed E-state index contributed by atoms with van der Waals surface area (Å²) in [6.07, 6.45) is 1.96. The molecule has 8 heteroatoms. The average molecular weight is 372 g/mol. The van der Waals surface area contributed by atoms with Crippen molar-refractivity contribution in [1.82, 2.24) is 20.9 Å². The van der Waals surface area contributed by atoms with E-state index in [2.05, 4.69) is 16.0 Å². The number of hydrogen-bond acceptors (Lipinski definition) is 4. The zero-order chi connectivity index (χ0) is 19.6. The number of carbonyl (C=O) groups is 4. The van der Waals surface area contributed by atoms with Crippen LogP contribution in [0.5, 0.6) is 0 Å². The van der Waals surface area contributed by atoms with Gasteiger partial charge in [-0.3, -0.25) is 19.3 Å². The van der Waals surface area contributed by atoms with Crippen LogP contribution in [0.4, 0.5) is 4.79 Å². The van der Waals surface area contributed by atoms with Crippen molar-refractivity contribution in [3.63, 3.8) is 0 Å². The van der Waals surface area contributed by atoms with Gasteiger partial charge in [0, 0.05) is 6.54 Å². The number of nitrogens with one attached hydrogen (secondary N) is 3. The second-order valence-electron chi connectivity index (χ2n) is 6.96. The van der Waals surface area contributed by atoms with Crippen LogP contribution in [0.15, 0.2) is 24.3 Å². The lowest BCUT2D eigenvalue weighted by atomic mass is 9.92. The minimum atomic E-state index is -1.09. The quantitative estimate of drug-likeness (QED) is 0.629. The van der Waals surface area contributed by atoms with Gasteiger partial charge in [-0.15, -0.1) is 0 Å². The van der Waals surface area contributed by atoms with Crippen molar-refractivity contribution in [1.29, 1.82) is 0 Å². The molecule has 0 unspecified atom stereocenters. The summed E-state index contributed by atoms with van der Waals surface area (Å²) in [6.45, 7) is 3.59. The normalized spacial score (nSPS) is 21.8. The van der Waals surface area contributed by atoms with Crippen molar-refractivity contribution in [2.45, 2.75) is 44.7 Å². The molecule has 0 aromatic heterocycles. The van der Waals surface area contributed by atoms with Gasteiger partial charge in [0.2, 0.25) is 11.8 Å². The Balaban J connectivity index is 1.67. The second kappa shape index (κ2) is 7.38. The van der Waals surface area contributed by atoms with E-state index in [9.17, 15) is 19.2 Å². The van der Waals surface area contributed by atoms with Crippen LogP contribution in [0.25, 0.3) is 0 Å². The van der Waals surface area contributed by atoms with Gasteiger partial charge in [0.25, 0.3) is 5.91 Å². The molecule has 3 N–H and O–H groups in total. The molecular formula is C19H24N4O4. The molecule has 3 rings (SSSR count). The van der Waals surface area contributed by atoms with Gasteiger partial charge >= 0.3 is 6.03 Å². The fourth-order valence-electron chi connectivity index (χ4n) is 3.63. The van der Waals surface area contributed by atoms with Gasteiger partial charge in [-0.05, 0) is 37.3 Å². The number of benzene rings is 1. The number of aryl methyl sites for hydroxylation is 1. The highest BCUT2D eigenvalue weighted by Crippen LogP contribution is 2.41. The van der Waals surface area contributed by atoms with Crippen LogP contribution in [0, 0.1) is 0 Å². The number of imide groups is 1. The van der Waals surface area contributed by atoms with Crippen LogP contribution >= 0.6 is 0 Å². The Morgan fingerprint density at radius 2 is 2.04 bits per heavy atom. The van der Waals surface area contributed by atoms with Gasteiger partial charge in [-0.2, -0.15) is 0 Å². The van der Waals surface area contributed by atoms with E-state index in [1.165, 1.54) is 0 Å². The summed E-state index contributed by atoms with van der Waals surface area (Å²) in [5.74, 6) is -1.28. The maximum atomic E-state index is 13.0. The Labute approximate surface area is 157 Å². The maximum Gasteiger partial charge on any atom is 0.325 e. The van der Waals surface area contributed by atoms with Gasteiger partial charge in [-0.25, -0.2) is 4.79 Å². The van der Waals surface area contributed by atoms with E-state index in [1.54, 1.807) is 6.92 Å². The number of carbonyl (C=O) groups excluding carboxylic acids is 4. The first kappa shape index (κ1) is 18.9. The van der Waals surface area contributed by atoms with Crippen LogP contribution in [-0.4, -0.2) is 47.8 Å². The summed E-state index contributed by atoms with van der Waals surface area (Å²) < 4.78 is 0. The molecule has 5 amide bonds. The molecule has 0 bridgehead atoms. The maximum absolute atomic E-state index is 13.0. The Morgan fingerprint density at radius 3 is 2.78 bits per heavy atom. The molecule has 1 aromatic rings. The van der Waals surface area contributed by atoms with Crippen LogP contribution < -0.4 is 16.0 Å². The van der Waals surface area contributed by atoms with E-state index in [0.29, 0.717) is 19.4 Å². The van der Waals surface area contributed by atoms with Crippen molar-refractivity contribution in [3.05, 3.63) is 35.4 Å². The summed E-state index contributed by atoms with van der Waals surface area (Å²) >= 11 is 0. The molecule has 1 spiro atoms. The Bertz CT molecular complexity index is 794. The predicted octanol–water partition coefficient (Wildman–Crippen LogP) is 0.411. The first-order valence-electron chi connectivity index (χ1n) is 9.18. The Morgan fingerprint density at radius 1 is 1.30 bits per heavy atom. The van der Waals surface area contributed by atoms with E-state index < -0.39 is 36.0 Å². The van der Waals surface area contributed by atoms with Gasteiger partial charge in [0.1, 0.15) is 18.1 Å². The van der Waals surface area contributed by atoms with E-state index >= 15 is 0 Å². The Hall–Kier alpha value is -2.90. The molecule has 0 radical (unpaired) electrons. The molecule has 8 nitrogen and oxygen atoms in total. The molecule has 2 atom stereocenters. The fraction of sp³-hybridized carbons (Fsp3) is 0.474. The SMILES string of the molecule is CCCNC(=O)[C@H](C)NC(=O)CN1C(=O)N[C@]2(CCc3ccccc32)C1=O. The smallest absolute Gasteiger partial charge is 0.325 e. The van der Waals surface area contributed by atoms with E-state index in [0.717, 1.165) is 22.4 Å². The second-order valence-corrected chi connectivity index (χ2v) is 6.96. The monoisotopic (exact) mass is 372 g/mol. The number of rotatable bonds is 6. The number of urea groups is 1. The van der Waals surface area contributed by atoms with Gasteiger partial charge < -0.3 is 16.0 Å². The minimum absolute atomic E-state index is 0.302. The van der Waals surface area contributed by atoms with E-state index in [1.807, 2.05) is 31.2 Å². The molecule has 1 fully saturated rings. The molecule has 1 aromatic carbocycles. The highest BCUT2D eigenvalue weighted by molar-refractivity contribution is 6.10. The summed E-state index contributed by atoms with van der Waals surface area (Å²) in [4.78, 5) is 50.4. The van der Waals surface area contributed by atoms with Crippen LogP contribution in [-0.2, 0) is 26.3 Å². The van der Waals surface area contributed by atoms with E-state index in [-0.39, 0.29) is 5.91 Å². The third-order valence-electron chi connectivity index (χ3n) is 5.04. The van der Waals surface area contributed by atoms with Crippen LogP contribution in [0.1, 0.15) is 37.8 Å². The van der Waals surface area contributed by atoms with Gasteiger partial charge in [0.15, 0.2) is 0 Å². The molecule has 2 aliphatic rings. The molecule has 1 aliphatic heterocycles. The lowest BCUT2D eigenvalue weighted by molar-refractivity contribution is -0.136. The van der Waals surface area contributed by atoms with Crippen LogP contribution in [0.2, 0.25) is 0 Å². The lowest BCUT2D eigenvalue weighted by Gasteiger charge is -2.22. The molecule has 27 heavy (non-hydrogen) atoms. The third kappa shape index (κ3) is 3.39. The lowest BCUT2D eigenvalue weighted by Crippen LogP contribution is -2.49. The summed E-state index contributed by atoms with van der Waals surface area (Å²) in [5, 5.41) is 7.99. The van der Waals surface area contributed by atoms with Crippen molar-refractivity contribution in [2.24, 2.45) is 0 Å². The minimum Gasteiger partial charge on any atom is -0.354 e. The average Bonchev–Trinajstić information content (AvgIpc) is 3.13.